The molecular formula is C14H15N5OS2. The van der Waals surface area contributed by atoms with Gasteiger partial charge in [0, 0.05) is 23.5 Å². The van der Waals surface area contributed by atoms with Gasteiger partial charge in [-0.1, -0.05) is 0 Å². The van der Waals surface area contributed by atoms with Crippen molar-refractivity contribution in [2.24, 2.45) is 0 Å². The fraction of sp³-hybridized carbons (Fsp3) is 0.286. The molecule has 0 atom stereocenters. The third-order valence-electron chi connectivity index (χ3n) is 3.24. The highest BCUT2D eigenvalue weighted by Crippen LogP contribution is 2.27. The van der Waals surface area contributed by atoms with Crippen molar-refractivity contribution in [2.75, 3.05) is 12.4 Å². The number of aryl methyl sites for hydroxylation is 3. The van der Waals surface area contributed by atoms with E-state index < -0.39 is 0 Å². The van der Waals surface area contributed by atoms with Crippen LogP contribution in [0.1, 0.15) is 16.1 Å². The molecule has 0 saturated heterocycles. The summed E-state index contributed by atoms with van der Waals surface area (Å²) in [4.78, 5) is 26.3. The monoisotopic (exact) mass is 333 g/mol. The predicted octanol–water partition coefficient (Wildman–Crippen LogP) is 2.99. The number of carbonyl (C=O) groups is 1. The number of aromatic nitrogens is 3. The zero-order valence-electron chi connectivity index (χ0n) is 12.2. The molecule has 0 radical (unpaired) electrons. The number of amides is 2. The van der Waals surface area contributed by atoms with Gasteiger partial charge in [-0.15, -0.1) is 22.7 Å². The largest absolute Gasteiger partial charge is 0.341 e. The first-order valence-electron chi connectivity index (χ1n) is 6.78. The quantitative estimate of drug-likeness (QED) is 0.769. The minimum Gasteiger partial charge on any atom is -0.341 e. The minimum absolute atomic E-state index is 0.257. The third kappa shape index (κ3) is 3.07. The first-order valence-corrected chi connectivity index (χ1v) is 8.48. The number of anilines is 1. The molecule has 0 spiro atoms. The van der Waals surface area contributed by atoms with Crippen LogP contribution in [-0.4, -0.2) is 28.0 Å². The summed E-state index contributed by atoms with van der Waals surface area (Å²) in [7, 11) is 1.58. The van der Waals surface area contributed by atoms with Crippen molar-refractivity contribution in [2.45, 2.75) is 19.8 Å². The lowest BCUT2D eigenvalue weighted by atomic mass is 10.1. The number of urea groups is 1. The Morgan fingerprint density at radius 2 is 2.14 bits per heavy atom. The second-order valence-corrected chi connectivity index (χ2v) is 6.73. The average molecular weight is 333 g/mol. The highest BCUT2D eigenvalue weighted by molar-refractivity contribution is 7.17. The van der Waals surface area contributed by atoms with Gasteiger partial charge < -0.3 is 5.32 Å². The van der Waals surface area contributed by atoms with Gasteiger partial charge in [-0.05, 0) is 30.7 Å². The van der Waals surface area contributed by atoms with Crippen LogP contribution < -0.4 is 10.6 Å². The van der Waals surface area contributed by atoms with E-state index in [2.05, 4.69) is 37.9 Å². The lowest BCUT2D eigenvalue weighted by Crippen LogP contribution is -2.24. The van der Waals surface area contributed by atoms with E-state index in [1.807, 2.05) is 0 Å². The van der Waals surface area contributed by atoms with Gasteiger partial charge >= 0.3 is 6.03 Å². The number of thiophene rings is 1. The third-order valence-corrected chi connectivity index (χ3v) is 5.22. The Labute approximate surface area is 135 Å². The molecule has 0 aliphatic carbocycles. The number of thiazole rings is 1. The molecule has 0 saturated carbocycles. The lowest BCUT2D eigenvalue weighted by molar-refractivity contribution is 0.254. The van der Waals surface area contributed by atoms with Crippen molar-refractivity contribution in [1.82, 2.24) is 20.3 Å². The standard InChI is InChI=1S/C14H15N5OS2/c1-8-6-21-12-11(8)10(17-7-18-12)4-3-9-5-16-14(22-9)19-13(20)15-2/h5-7H,3-4H2,1-2H3,(H2,15,16,19,20). The molecule has 2 N–H and O–H groups in total. The van der Waals surface area contributed by atoms with E-state index in [-0.39, 0.29) is 6.03 Å². The van der Waals surface area contributed by atoms with Crippen LogP contribution >= 0.6 is 22.7 Å². The molecule has 6 nitrogen and oxygen atoms in total. The molecule has 2 amide bonds. The molecule has 3 rings (SSSR count). The van der Waals surface area contributed by atoms with Crippen LogP contribution in [0.3, 0.4) is 0 Å². The zero-order valence-corrected chi connectivity index (χ0v) is 13.8. The van der Waals surface area contributed by atoms with Crippen molar-refractivity contribution < 1.29 is 4.79 Å². The average Bonchev–Trinajstić information content (AvgIpc) is 3.12. The molecular weight excluding hydrogens is 318 g/mol. The van der Waals surface area contributed by atoms with E-state index in [0.717, 1.165) is 28.2 Å². The zero-order chi connectivity index (χ0) is 15.5. The summed E-state index contributed by atoms with van der Waals surface area (Å²) in [5, 5.41) is 9.07. The normalized spacial score (nSPS) is 10.8. The minimum atomic E-state index is -0.257. The molecule has 0 fully saturated rings. The Bertz CT molecular complexity index is 811. The van der Waals surface area contributed by atoms with Crippen molar-refractivity contribution in [1.29, 1.82) is 0 Å². The van der Waals surface area contributed by atoms with Crippen LogP contribution in [0.25, 0.3) is 10.2 Å². The molecule has 3 heterocycles. The highest BCUT2D eigenvalue weighted by Gasteiger charge is 2.10. The molecule has 0 aliphatic heterocycles. The Kier molecular flexibility index (Phi) is 4.30. The van der Waals surface area contributed by atoms with Crippen LogP contribution in [0.5, 0.6) is 0 Å². The molecule has 114 valence electrons. The number of nitrogens with zero attached hydrogens (tertiary/aromatic N) is 3. The van der Waals surface area contributed by atoms with E-state index >= 15 is 0 Å². The molecule has 0 aliphatic rings. The molecule has 0 aromatic carbocycles. The number of fused-ring (bicyclic) bond motifs is 1. The molecule has 3 aromatic rings. The molecule has 8 heteroatoms. The smallest absolute Gasteiger partial charge is 0.320 e. The van der Waals surface area contributed by atoms with E-state index in [9.17, 15) is 4.79 Å². The number of hydrogen-bond acceptors (Lipinski definition) is 6. The maximum Gasteiger partial charge on any atom is 0.320 e. The summed E-state index contributed by atoms with van der Waals surface area (Å²) in [5.74, 6) is 0. The Morgan fingerprint density at radius 1 is 1.27 bits per heavy atom. The second kappa shape index (κ2) is 6.37. The van der Waals surface area contributed by atoms with E-state index in [0.29, 0.717) is 5.13 Å². The van der Waals surface area contributed by atoms with Gasteiger partial charge in [0.25, 0.3) is 0 Å². The second-order valence-electron chi connectivity index (χ2n) is 4.76. The number of carbonyl (C=O) groups excluding carboxylic acids is 1. The molecule has 22 heavy (non-hydrogen) atoms. The molecule has 0 bridgehead atoms. The Morgan fingerprint density at radius 3 is 2.95 bits per heavy atom. The van der Waals surface area contributed by atoms with Crippen molar-refractivity contribution in [3.8, 4) is 0 Å². The van der Waals surface area contributed by atoms with Gasteiger partial charge in [-0.2, -0.15) is 0 Å². The van der Waals surface area contributed by atoms with Crippen molar-refractivity contribution in [3.63, 3.8) is 0 Å². The van der Waals surface area contributed by atoms with Crippen molar-refractivity contribution in [3.05, 3.63) is 34.0 Å². The fourth-order valence-electron chi connectivity index (χ4n) is 2.16. The number of hydrogen-bond donors (Lipinski definition) is 2. The van der Waals surface area contributed by atoms with Crippen LogP contribution in [-0.2, 0) is 12.8 Å². The van der Waals surface area contributed by atoms with E-state index in [4.69, 9.17) is 0 Å². The highest BCUT2D eigenvalue weighted by atomic mass is 32.1. The summed E-state index contributed by atoms with van der Waals surface area (Å²) in [5.41, 5.74) is 2.29. The van der Waals surface area contributed by atoms with Gasteiger partial charge in [0.05, 0.1) is 5.69 Å². The molecule has 0 unspecified atom stereocenters. The van der Waals surface area contributed by atoms with Crippen LogP contribution in [0.15, 0.2) is 17.9 Å². The maximum atomic E-state index is 11.3. The first-order chi connectivity index (χ1) is 10.7. The Hall–Kier alpha value is -2.06. The SMILES string of the molecule is CNC(=O)Nc1ncc(CCc2ncnc3scc(C)c23)s1. The van der Waals surface area contributed by atoms with Crippen molar-refractivity contribution >= 4 is 44.1 Å². The van der Waals surface area contributed by atoms with E-state index in [1.54, 1.807) is 30.9 Å². The summed E-state index contributed by atoms with van der Waals surface area (Å²) in [6.45, 7) is 2.09. The summed E-state index contributed by atoms with van der Waals surface area (Å²) >= 11 is 3.13. The summed E-state index contributed by atoms with van der Waals surface area (Å²) < 4.78 is 0. The molecule has 3 aromatic heterocycles. The lowest BCUT2D eigenvalue weighted by Gasteiger charge is -2.02. The summed E-state index contributed by atoms with van der Waals surface area (Å²) in [6, 6.07) is -0.257. The predicted molar refractivity (Wildman–Crippen MR) is 89.8 cm³/mol. The number of rotatable bonds is 4. The topological polar surface area (TPSA) is 79.8 Å². The maximum absolute atomic E-state index is 11.3. The van der Waals surface area contributed by atoms with Gasteiger partial charge in [-0.25, -0.2) is 19.7 Å². The Balaban J connectivity index is 1.72. The van der Waals surface area contributed by atoms with E-state index in [1.165, 1.54) is 22.3 Å². The van der Waals surface area contributed by atoms with Gasteiger partial charge in [0.15, 0.2) is 5.13 Å². The van der Waals surface area contributed by atoms with Gasteiger partial charge in [0.2, 0.25) is 0 Å². The van der Waals surface area contributed by atoms with Crippen LogP contribution in [0, 0.1) is 6.92 Å². The van der Waals surface area contributed by atoms with Gasteiger partial charge in [0.1, 0.15) is 11.2 Å². The first kappa shape index (κ1) is 14.9. The van der Waals surface area contributed by atoms with Crippen LogP contribution in [0.4, 0.5) is 9.93 Å². The fourth-order valence-corrected chi connectivity index (χ4v) is 3.88. The summed E-state index contributed by atoms with van der Waals surface area (Å²) in [6.07, 6.45) is 5.10. The van der Waals surface area contributed by atoms with Gasteiger partial charge in [-0.3, -0.25) is 5.32 Å². The number of nitrogens with one attached hydrogen (secondary N) is 2. The van der Waals surface area contributed by atoms with Crippen LogP contribution in [0.2, 0.25) is 0 Å².